The number of hydrogen-bond donors (Lipinski definition) is 2. The monoisotopic (exact) mass is 472 g/mol. The summed E-state index contributed by atoms with van der Waals surface area (Å²) in [6.45, 7) is 7.24. The molecule has 1 aromatic heterocycles. The van der Waals surface area contributed by atoms with Crippen molar-refractivity contribution in [3.63, 3.8) is 0 Å². The van der Waals surface area contributed by atoms with Gasteiger partial charge in [0.2, 0.25) is 0 Å². The van der Waals surface area contributed by atoms with Gasteiger partial charge < -0.3 is 20.1 Å². The molecule has 1 aliphatic heterocycles. The zero-order valence-corrected chi connectivity index (χ0v) is 19.6. The van der Waals surface area contributed by atoms with E-state index in [1.54, 1.807) is 17.9 Å². The maximum Gasteiger partial charge on any atom is 0.317 e. The van der Waals surface area contributed by atoms with Crippen LogP contribution in [0.4, 0.5) is 13.6 Å². The van der Waals surface area contributed by atoms with Crippen LogP contribution in [0.1, 0.15) is 50.8 Å². The van der Waals surface area contributed by atoms with E-state index in [0.29, 0.717) is 19.7 Å². The van der Waals surface area contributed by atoms with Crippen LogP contribution in [0.25, 0.3) is 11.3 Å². The molecule has 2 fully saturated rings. The fourth-order valence-electron chi connectivity index (χ4n) is 6.42. The Kier molecular flexibility index (Phi) is 5.60. The Morgan fingerprint density at radius 1 is 1.32 bits per heavy atom. The lowest BCUT2D eigenvalue weighted by atomic mass is 9.64. The molecule has 4 atom stereocenters. The number of ether oxygens (including phenoxy) is 1. The third-order valence-electron chi connectivity index (χ3n) is 8.24. The number of nitrogens with one attached hydrogen (secondary N) is 1. The SMILES string of the molecule is CC(CO)NC(=O)N1CCOC(C23CCC(c4cc(-c5c(F)cccc5F)nnc42)C3(C)C)C1. The number of hydrogen-bond acceptors (Lipinski definition) is 5. The van der Waals surface area contributed by atoms with Gasteiger partial charge in [-0.05, 0) is 54.9 Å². The summed E-state index contributed by atoms with van der Waals surface area (Å²) in [6, 6.07) is 4.99. The summed E-state index contributed by atoms with van der Waals surface area (Å²) < 4.78 is 35.2. The van der Waals surface area contributed by atoms with Crippen LogP contribution in [0, 0.1) is 17.0 Å². The molecule has 3 aliphatic rings. The Morgan fingerprint density at radius 3 is 2.76 bits per heavy atom. The van der Waals surface area contributed by atoms with Crippen LogP contribution in [0.5, 0.6) is 0 Å². The minimum atomic E-state index is -0.666. The summed E-state index contributed by atoms with van der Waals surface area (Å²) in [4.78, 5) is 14.5. The minimum Gasteiger partial charge on any atom is -0.394 e. The Bertz CT molecular complexity index is 1110. The number of benzene rings is 1. The number of rotatable bonds is 4. The van der Waals surface area contributed by atoms with Crippen molar-refractivity contribution < 1.29 is 23.4 Å². The molecule has 1 aromatic carbocycles. The molecule has 182 valence electrons. The van der Waals surface area contributed by atoms with Crippen LogP contribution in [0.2, 0.25) is 0 Å². The fourth-order valence-corrected chi connectivity index (χ4v) is 6.42. The average Bonchev–Trinajstić information content (AvgIpc) is 3.20. The van der Waals surface area contributed by atoms with Crippen molar-refractivity contribution in [1.29, 1.82) is 0 Å². The molecule has 34 heavy (non-hydrogen) atoms. The highest BCUT2D eigenvalue weighted by molar-refractivity contribution is 5.74. The van der Waals surface area contributed by atoms with Gasteiger partial charge in [0.1, 0.15) is 11.6 Å². The van der Waals surface area contributed by atoms with Gasteiger partial charge in [0, 0.05) is 18.5 Å². The third-order valence-corrected chi connectivity index (χ3v) is 8.24. The third kappa shape index (κ3) is 3.24. The number of halogens is 2. The lowest BCUT2D eigenvalue weighted by Gasteiger charge is -2.47. The van der Waals surface area contributed by atoms with Gasteiger partial charge in [-0.15, -0.1) is 0 Å². The maximum atomic E-state index is 14.4. The predicted octanol–water partition coefficient (Wildman–Crippen LogP) is 3.37. The molecule has 2 amide bonds. The number of fused-ring (bicyclic) bond motifs is 5. The van der Waals surface area contributed by atoms with Gasteiger partial charge in [-0.25, -0.2) is 13.6 Å². The van der Waals surface area contributed by atoms with Crippen molar-refractivity contribution >= 4 is 6.03 Å². The molecule has 7 nitrogen and oxygen atoms in total. The average molecular weight is 473 g/mol. The number of carbonyl (C=O) groups excluding carboxylic acids is 1. The standard InChI is InChI=1S/C25H30F2N4O3/c1-14(13-32)28-23(33)31-9-10-34-20(12-31)25-8-7-16(24(25,2)3)15-11-19(29-30-22(15)25)21-17(26)5-4-6-18(21)27/h4-6,11,14,16,20,32H,7-10,12-13H2,1-3H3,(H,28,33). The highest BCUT2D eigenvalue weighted by Gasteiger charge is 2.67. The van der Waals surface area contributed by atoms with Gasteiger partial charge in [0.15, 0.2) is 0 Å². The summed E-state index contributed by atoms with van der Waals surface area (Å²) in [7, 11) is 0. The largest absolute Gasteiger partial charge is 0.394 e. The van der Waals surface area contributed by atoms with E-state index in [1.165, 1.54) is 18.2 Å². The van der Waals surface area contributed by atoms with Gasteiger partial charge in [-0.3, -0.25) is 0 Å². The lowest BCUT2D eigenvalue weighted by molar-refractivity contribution is -0.0821. The maximum absolute atomic E-state index is 14.4. The van der Waals surface area contributed by atoms with Gasteiger partial charge >= 0.3 is 6.03 Å². The number of aliphatic hydroxyl groups excluding tert-OH is 1. The number of carbonyl (C=O) groups is 1. The Morgan fingerprint density at radius 2 is 2.06 bits per heavy atom. The smallest absolute Gasteiger partial charge is 0.317 e. The van der Waals surface area contributed by atoms with Crippen LogP contribution in [0.15, 0.2) is 24.3 Å². The summed E-state index contributed by atoms with van der Waals surface area (Å²) in [6.07, 6.45) is 1.45. The molecule has 2 bridgehead atoms. The molecule has 2 aliphatic carbocycles. The summed E-state index contributed by atoms with van der Waals surface area (Å²) in [5.74, 6) is -1.18. The van der Waals surface area contributed by atoms with Crippen LogP contribution in [0.3, 0.4) is 0 Å². The van der Waals surface area contributed by atoms with Gasteiger partial charge in [0.05, 0.1) is 42.3 Å². The highest BCUT2D eigenvalue weighted by atomic mass is 19.1. The van der Waals surface area contributed by atoms with Crippen molar-refractivity contribution in [2.75, 3.05) is 26.3 Å². The summed E-state index contributed by atoms with van der Waals surface area (Å²) >= 11 is 0. The number of amides is 2. The van der Waals surface area contributed by atoms with Crippen LogP contribution >= 0.6 is 0 Å². The Labute approximate surface area is 197 Å². The van der Waals surface area contributed by atoms with E-state index in [-0.39, 0.29) is 47.4 Å². The van der Waals surface area contributed by atoms with Crippen LogP contribution in [-0.2, 0) is 10.2 Å². The first-order chi connectivity index (χ1) is 16.2. The van der Waals surface area contributed by atoms with E-state index in [2.05, 4.69) is 29.4 Å². The zero-order chi connectivity index (χ0) is 24.3. The van der Waals surface area contributed by atoms with Gasteiger partial charge in [0.25, 0.3) is 0 Å². The number of urea groups is 1. The molecule has 9 heteroatoms. The van der Waals surface area contributed by atoms with E-state index >= 15 is 0 Å². The predicted molar refractivity (Wildman–Crippen MR) is 121 cm³/mol. The van der Waals surface area contributed by atoms with E-state index in [9.17, 15) is 18.7 Å². The summed E-state index contributed by atoms with van der Waals surface area (Å²) in [5, 5.41) is 20.9. The second-order valence-corrected chi connectivity index (χ2v) is 10.3. The van der Waals surface area contributed by atoms with Crippen LogP contribution in [-0.4, -0.2) is 64.7 Å². The fraction of sp³-hybridized carbons (Fsp3) is 0.560. The number of aromatic nitrogens is 2. The van der Waals surface area contributed by atoms with Crippen molar-refractivity contribution in [2.45, 2.75) is 57.1 Å². The molecule has 1 saturated carbocycles. The van der Waals surface area contributed by atoms with Crippen molar-refractivity contribution in [3.8, 4) is 11.3 Å². The second kappa shape index (κ2) is 8.23. The molecule has 2 N–H and O–H groups in total. The first kappa shape index (κ1) is 23.1. The quantitative estimate of drug-likeness (QED) is 0.713. The normalized spacial score (nSPS) is 28.0. The highest BCUT2D eigenvalue weighted by Crippen LogP contribution is 2.69. The van der Waals surface area contributed by atoms with Crippen molar-refractivity contribution in [3.05, 3.63) is 47.2 Å². The van der Waals surface area contributed by atoms with E-state index in [4.69, 9.17) is 4.74 Å². The van der Waals surface area contributed by atoms with Crippen LogP contribution < -0.4 is 5.32 Å². The molecular formula is C25H30F2N4O3. The number of morpholine rings is 1. The molecule has 0 radical (unpaired) electrons. The molecular weight excluding hydrogens is 442 g/mol. The first-order valence-electron chi connectivity index (χ1n) is 11.8. The minimum absolute atomic E-state index is 0.133. The van der Waals surface area contributed by atoms with Crippen molar-refractivity contribution in [1.82, 2.24) is 20.4 Å². The summed E-state index contributed by atoms with van der Waals surface area (Å²) in [5.41, 5.74) is 1.10. The molecule has 2 aromatic rings. The molecule has 0 spiro atoms. The zero-order valence-electron chi connectivity index (χ0n) is 19.6. The molecule has 1 saturated heterocycles. The molecule has 4 unspecified atom stereocenters. The topological polar surface area (TPSA) is 87.6 Å². The molecule has 2 heterocycles. The molecule has 5 rings (SSSR count). The number of nitrogens with zero attached hydrogens (tertiary/aromatic N) is 3. The van der Waals surface area contributed by atoms with E-state index < -0.39 is 17.0 Å². The van der Waals surface area contributed by atoms with E-state index in [1.807, 2.05) is 0 Å². The number of aliphatic hydroxyl groups is 1. The Balaban J connectivity index is 1.51. The Hall–Kier alpha value is -2.65. The van der Waals surface area contributed by atoms with Crippen molar-refractivity contribution in [2.24, 2.45) is 5.41 Å². The van der Waals surface area contributed by atoms with Gasteiger partial charge in [-0.1, -0.05) is 19.9 Å². The van der Waals surface area contributed by atoms with Gasteiger partial charge in [-0.2, -0.15) is 10.2 Å². The van der Waals surface area contributed by atoms with E-state index in [0.717, 1.165) is 24.1 Å². The first-order valence-corrected chi connectivity index (χ1v) is 11.8. The second-order valence-electron chi connectivity index (χ2n) is 10.3. The lowest BCUT2D eigenvalue weighted by Crippen LogP contribution is -2.59.